The lowest BCUT2D eigenvalue weighted by Crippen LogP contribution is -2.49. The van der Waals surface area contributed by atoms with Gasteiger partial charge in [0.25, 0.3) is 0 Å². The number of carbonyl (C=O) groups excluding carboxylic acids is 1. The summed E-state index contributed by atoms with van der Waals surface area (Å²) in [5.74, 6) is 1.06. The number of aryl methyl sites for hydroxylation is 1. The number of ether oxygens (including phenoxy) is 1. The zero-order valence-electron chi connectivity index (χ0n) is 12.3. The van der Waals surface area contributed by atoms with Crippen molar-refractivity contribution in [3.05, 3.63) is 29.3 Å². The summed E-state index contributed by atoms with van der Waals surface area (Å²) in [5.41, 5.74) is 1.52. The first-order valence-electron chi connectivity index (χ1n) is 6.88. The van der Waals surface area contributed by atoms with Crippen molar-refractivity contribution in [2.24, 2.45) is 0 Å². The summed E-state index contributed by atoms with van der Waals surface area (Å²) in [6.45, 7) is 1.98. The molecule has 104 valence electrons. The number of likely N-dealkylation sites (N-methyl/N-ethyl adjacent to an activating group) is 1. The number of benzene rings is 1. The highest BCUT2D eigenvalue weighted by atomic mass is 16.5. The molecule has 0 amide bonds. The molecule has 0 saturated heterocycles. The Balaban J connectivity index is 2.38. The maximum atomic E-state index is 12.9. The zero-order valence-corrected chi connectivity index (χ0v) is 12.3. The van der Waals surface area contributed by atoms with Gasteiger partial charge in [0.1, 0.15) is 5.75 Å². The van der Waals surface area contributed by atoms with Gasteiger partial charge in [-0.25, -0.2) is 0 Å². The maximum Gasteiger partial charge on any atom is 0.183 e. The van der Waals surface area contributed by atoms with Crippen LogP contribution in [0.2, 0.25) is 0 Å². The highest BCUT2D eigenvalue weighted by molar-refractivity contribution is 6.04. The van der Waals surface area contributed by atoms with Gasteiger partial charge in [0, 0.05) is 5.56 Å². The van der Waals surface area contributed by atoms with Crippen molar-refractivity contribution in [2.75, 3.05) is 21.2 Å². The van der Waals surface area contributed by atoms with Gasteiger partial charge in [0.05, 0.1) is 12.6 Å². The molecule has 1 saturated carbocycles. The monoisotopic (exact) mass is 261 g/mol. The molecule has 2 rings (SSSR count). The Labute approximate surface area is 115 Å². The third kappa shape index (κ3) is 2.39. The Morgan fingerprint density at radius 1 is 1.26 bits per heavy atom. The maximum absolute atomic E-state index is 12.9. The van der Waals surface area contributed by atoms with Crippen LogP contribution in [0.25, 0.3) is 0 Å². The Morgan fingerprint density at radius 3 is 2.37 bits per heavy atom. The minimum absolute atomic E-state index is 0.259. The summed E-state index contributed by atoms with van der Waals surface area (Å²) in [4.78, 5) is 15.1. The summed E-state index contributed by atoms with van der Waals surface area (Å²) in [5, 5.41) is 0. The molecular formula is C16H23NO2. The largest absolute Gasteiger partial charge is 0.497 e. The van der Waals surface area contributed by atoms with Gasteiger partial charge in [0.2, 0.25) is 0 Å². The molecule has 19 heavy (non-hydrogen) atoms. The number of carbonyl (C=O) groups is 1. The molecule has 0 heterocycles. The third-order valence-electron chi connectivity index (χ3n) is 4.39. The van der Waals surface area contributed by atoms with Crippen LogP contribution >= 0.6 is 0 Å². The molecule has 1 aliphatic carbocycles. The number of methoxy groups -OCH3 is 1. The van der Waals surface area contributed by atoms with E-state index in [2.05, 4.69) is 4.90 Å². The van der Waals surface area contributed by atoms with Gasteiger partial charge in [-0.2, -0.15) is 0 Å². The number of hydrogen-bond acceptors (Lipinski definition) is 3. The first-order chi connectivity index (χ1) is 9.01. The average molecular weight is 261 g/mol. The fraction of sp³-hybridized carbons (Fsp3) is 0.562. The van der Waals surface area contributed by atoms with E-state index in [0.29, 0.717) is 0 Å². The van der Waals surface area contributed by atoms with Crippen LogP contribution < -0.4 is 4.74 Å². The molecule has 0 N–H and O–H groups in total. The number of ketones is 1. The molecule has 1 aliphatic rings. The lowest BCUT2D eigenvalue weighted by atomic mass is 9.85. The second-order valence-electron chi connectivity index (χ2n) is 5.64. The van der Waals surface area contributed by atoms with E-state index >= 15 is 0 Å². The van der Waals surface area contributed by atoms with Gasteiger partial charge in [0.15, 0.2) is 5.78 Å². The van der Waals surface area contributed by atoms with Crippen molar-refractivity contribution in [3.8, 4) is 5.75 Å². The van der Waals surface area contributed by atoms with E-state index in [0.717, 1.165) is 42.6 Å². The molecule has 0 aliphatic heterocycles. The van der Waals surface area contributed by atoms with Crippen LogP contribution in [0.5, 0.6) is 5.75 Å². The van der Waals surface area contributed by atoms with Crippen LogP contribution in [0.15, 0.2) is 18.2 Å². The highest BCUT2D eigenvalue weighted by Gasteiger charge is 2.43. The fourth-order valence-corrected chi connectivity index (χ4v) is 3.11. The van der Waals surface area contributed by atoms with E-state index in [1.54, 1.807) is 7.11 Å². The van der Waals surface area contributed by atoms with Gasteiger partial charge < -0.3 is 4.74 Å². The predicted molar refractivity (Wildman–Crippen MR) is 76.9 cm³/mol. The molecule has 0 atom stereocenters. The molecule has 3 nitrogen and oxygen atoms in total. The first-order valence-corrected chi connectivity index (χ1v) is 6.88. The van der Waals surface area contributed by atoms with Crippen molar-refractivity contribution in [3.63, 3.8) is 0 Å². The second-order valence-corrected chi connectivity index (χ2v) is 5.64. The van der Waals surface area contributed by atoms with Crippen molar-refractivity contribution >= 4 is 5.78 Å². The minimum Gasteiger partial charge on any atom is -0.497 e. The minimum atomic E-state index is -0.306. The molecule has 1 aromatic rings. The highest BCUT2D eigenvalue weighted by Crippen LogP contribution is 2.37. The predicted octanol–water partition coefficient (Wildman–Crippen LogP) is 3.06. The van der Waals surface area contributed by atoms with E-state index in [1.807, 2.05) is 39.2 Å². The van der Waals surface area contributed by atoms with Crippen LogP contribution in [-0.4, -0.2) is 37.4 Å². The summed E-state index contributed by atoms with van der Waals surface area (Å²) < 4.78 is 5.21. The molecule has 1 fully saturated rings. The Bertz CT molecular complexity index is 474. The molecule has 3 heteroatoms. The summed E-state index contributed by atoms with van der Waals surface area (Å²) in [6.07, 6.45) is 4.20. The molecule has 0 bridgehead atoms. The number of nitrogens with zero attached hydrogens (tertiary/aromatic N) is 1. The summed E-state index contributed by atoms with van der Waals surface area (Å²) >= 11 is 0. The van der Waals surface area contributed by atoms with Crippen molar-refractivity contribution < 1.29 is 9.53 Å². The van der Waals surface area contributed by atoms with Gasteiger partial charge in [-0.05, 0) is 57.6 Å². The molecule has 0 radical (unpaired) electrons. The molecular weight excluding hydrogens is 238 g/mol. The van der Waals surface area contributed by atoms with Gasteiger partial charge >= 0.3 is 0 Å². The second kappa shape index (κ2) is 5.33. The number of rotatable bonds is 4. The van der Waals surface area contributed by atoms with Crippen LogP contribution in [0.4, 0.5) is 0 Å². The number of hydrogen-bond donors (Lipinski definition) is 0. The SMILES string of the molecule is COc1ccc(C(=O)C2(N(C)C)CCCC2)c(C)c1. The van der Waals surface area contributed by atoms with Crippen LogP contribution in [0.3, 0.4) is 0 Å². The average Bonchev–Trinajstić information content (AvgIpc) is 2.88. The Hall–Kier alpha value is -1.35. The molecule has 1 aromatic carbocycles. The summed E-state index contributed by atoms with van der Waals surface area (Å²) in [6, 6.07) is 5.71. The summed E-state index contributed by atoms with van der Waals surface area (Å²) in [7, 11) is 5.68. The molecule has 0 aromatic heterocycles. The van der Waals surface area contributed by atoms with Crippen LogP contribution in [0.1, 0.15) is 41.6 Å². The van der Waals surface area contributed by atoms with Crippen molar-refractivity contribution in [2.45, 2.75) is 38.1 Å². The number of Topliss-reactive ketones (excluding diaryl/α,β-unsaturated/α-hetero) is 1. The smallest absolute Gasteiger partial charge is 0.183 e. The van der Waals surface area contributed by atoms with Gasteiger partial charge in [-0.1, -0.05) is 12.8 Å². The van der Waals surface area contributed by atoms with Crippen LogP contribution in [0, 0.1) is 6.92 Å². The lowest BCUT2D eigenvalue weighted by Gasteiger charge is -2.35. The normalized spacial score (nSPS) is 17.7. The molecule has 0 unspecified atom stereocenters. The van der Waals surface area contributed by atoms with Crippen LogP contribution in [-0.2, 0) is 0 Å². The van der Waals surface area contributed by atoms with Crippen molar-refractivity contribution in [1.82, 2.24) is 4.90 Å². The third-order valence-corrected chi connectivity index (χ3v) is 4.39. The topological polar surface area (TPSA) is 29.5 Å². The quantitative estimate of drug-likeness (QED) is 0.780. The Kier molecular flexibility index (Phi) is 3.95. The zero-order chi connectivity index (χ0) is 14.0. The lowest BCUT2D eigenvalue weighted by molar-refractivity contribution is 0.0692. The van der Waals surface area contributed by atoms with Gasteiger partial charge in [-0.15, -0.1) is 0 Å². The van der Waals surface area contributed by atoms with E-state index < -0.39 is 0 Å². The van der Waals surface area contributed by atoms with E-state index in [4.69, 9.17) is 4.74 Å². The molecule has 0 spiro atoms. The van der Waals surface area contributed by atoms with Crippen molar-refractivity contribution in [1.29, 1.82) is 0 Å². The standard InChI is InChI=1S/C16H23NO2/c1-12-11-13(19-4)7-8-14(12)15(18)16(17(2)3)9-5-6-10-16/h7-8,11H,5-6,9-10H2,1-4H3. The van der Waals surface area contributed by atoms with E-state index in [9.17, 15) is 4.79 Å². The van der Waals surface area contributed by atoms with Gasteiger partial charge in [-0.3, -0.25) is 9.69 Å². The first kappa shape index (κ1) is 14.1. The fourth-order valence-electron chi connectivity index (χ4n) is 3.11. The van der Waals surface area contributed by atoms with E-state index in [1.165, 1.54) is 0 Å². The van der Waals surface area contributed by atoms with E-state index in [-0.39, 0.29) is 11.3 Å². The Morgan fingerprint density at radius 2 is 1.89 bits per heavy atom.